The van der Waals surface area contributed by atoms with Crippen LogP contribution in [-0.2, 0) is 0 Å². The van der Waals surface area contributed by atoms with Crippen LogP contribution in [0.1, 0.15) is 0 Å². The summed E-state index contributed by atoms with van der Waals surface area (Å²) < 4.78 is 1.43. The van der Waals surface area contributed by atoms with Gasteiger partial charge in [0, 0.05) is 6.20 Å². The van der Waals surface area contributed by atoms with Gasteiger partial charge in [-0.2, -0.15) is 0 Å². The molecule has 0 saturated carbocycles. The summed E-state index contributed by atoms with van der Waals surface area (Å²) in [5.74, 6) is 0. The summed E-state index contributed by atoms with van der Waals surface area (Å²) in [7, 11) is 0. The number of hydrogen-bond donors (Lipinski definition) is 0. The van der Waals surface area contributed by atoms with E-state index in [1.54, 1.807) is 42.7 Å². The van der Waals surface area contributed by atoms with Crippen LogP contribution >= 0.6 is 11.6 Å². The largest absolute Gasteiger partial charge is 0.268 e. The molecule has 0 unspecified atom stereocenters. The van der Waals surface area contributed by atoms with E-state index in [0.29, 0.717) is 21.6 Å². The summed E-state index contributed by atoms with van der Waals surface area (Å²) in [6, 6.07) is 8.76. The first kappa shape index (κ1) is 10.9. The second-order valence-electron chi connectivity index (χ2n) is 3.76. The number of aromatic nitrogens is 3. The molecule has 0 radical (unpaired) electrons. The van der Waals surface area contributed by atoms with Crippen molar-refractivity contribution < 1.29 is 0 Å². The Balaban J connectivity index is 2.37. The van der Waals surface area contributed by atoms with Gasteiger partial charge in [-0.05, 0) is 24.3 Å². The highest BCUT2D eigenvalue weighted by molar-refractivity contribution is 6.35. The molecule has 0 N–H and O–H groups in total. The van der Waals surface area contributed by atoms with E-state index in [9.17, 15) is 4.79 Å². The highest BCUT2D eigenvalue weighted by Crippen LogP contribution is 2.18. The van der Waals surface area contributed by atoms with Gasteiger partial charge in [0.25, 0.3) is 5.56 Å². The van der Waals surface area contributed by atoms with Crippen LogP contribution in [-0.4, -0.2) is 14.5 Å². The molecule has 4 nitrogen and oxygen atoms in total. The summed E-state index contributed by atoms with van der Waals surface area (Å²) in [6.07, 6.45) is 4.74. The maximum Gasteiger partial charge on any atom is 0.267 e. The molecule has 0 bridgehead atoms. The number of benzene rings is 1. The molecule has 0 aliphatic heterocycles. The van der Waals surface area contributed by atoms with Gasteiger partial charge < -0.3 is 0 Å². The minimum absolute atomic E-state index is 0.196. The quantitative estimate of drug-likeness (QED) is 0.673. The van der Waals surface area contributed by atoms with Gasteiger partial charge in [0.2, 0.25) is 0 Å². The van der Waals surface area contributed by atoms with Crippen molar-refractivity contribution in [3.05, 3.63) is 64.4 Å². The maximum atomic E-state index is 12.4. The van der Waals surface area contributed by atoms with Crippen molar-refractivity contribution in [3.63, 3.8) is 0 Å². The zero-order valence-corrected chi connectivity index (χ0v) is 10.0. The molecule has 88 valence electrons. The lowest BCUT2D eigenvalue weighted by atomic mass is 10.2. The van der Waals surface area contributed by atoms with Crippen molar-refractivity contribution in [1.29, 1.82) is 0 Å². The first-order chi connectivity index (χ1) is 8.77. The smallest absolute Gasteiger partial charge is 0.267 e. The van der Waals surface area contributed by atoms with Crippen molar-refractivity contribution in [2.24, 2.45) is 0 Å². The third kappa shape index (κ3) is 1.67. The molecule has 2 heterocycles. The molecule has 0 amide bonds. The number of rotatable bonds is 1. The third-order valence-corrected chi connectivity index (χ3v) is 2.98. The Hall–Kier alpha value is -2.20. The molecule has 0 spiro atoms. The molecule has 1 aromatic carbocycles. The molecule has 0 saturated heterocycles. The molecule has 18 heavy (non-hydrogen) atoms. The average Bonchev–Trinajstić information content (AvgIpc) is 2.40. The van der Waals surface area contributed by atoms with E-state index >= 15 is 0 Å². The van der Waals surface area contributed by atoms with Gasteiger partial charge >= 0.3 is 0 Å². The van der Waals surface area contributed by atoms with Crippen molar-refractivity contribution in [3.8, 4) is 5.69 Å². The van der Waals surface area contributed by atoms with Crippen LogP contribution in [0.5, 0.6) is 0 Å². The maximum absolute atomic E-state index is 12.4. The highest BCUT2D eigenvalue weighted by Gasteiger charge is 2.08. The number of halogens is 1. The Morgan fingerprint density at radius 3 is 2.83 bits per heavy atom. The fraction of sp³-hybridized carbons (Fsp3) is 0. The molecular weight excluding hydrogens is 250 g/mol. The van der Waals surface area contributed by atoms with Gasteiger partial charge in [-0.25, -0.2) is 4.98 Å². The van der Waals surface area contributed by atoms with Gasteiger partial charge in [-0.3, -0.25) is 14.3 Å². The summed E-state index contributed by atoms with van der Waals surface area (Å²) in [4.78, 5) is 20.6. The standard InChI is InChI=1S/C13H8ClN3O/c14-10-4-1-5-11-12(10)13(18)17(8-16-11)9-3-2-6-15-7-9/h1-8H. The number of fused-ring (bicyclic) bond motifs is 1. The van der Waals surface area contributed by atoms with Gasteiger partial charge in [0.1, 0.15) is 6.33 Å². The van der Waals surface area contributed by atoms with Gasteiger partial charge in [-0.15, -0.1) is 0 Å². The number of pyridine rings is 1. The van der Waals surface area contributed by atoms with E-state index in [4.69, 9.17) is 11.6 Å². The van der Waals surface area contributed by atoms with Gasteiger partial charge in [-0.1, -0.05) is 17.7 Å². The SMILES string of the molecule is O=c1c2c(Cl)cccc2ncn1-c1cccnc1. The predicted octanol–water partition coefficient (Wildman–Crippen LogP) is 2.43. The fourth-order valence-electron chi connectivity index (χ4n) is 1.81. The lowest BCUT2D eigenvalue weighted by Gasteiger charge is -2.06. The van der Waals surface area contributed by atoms with Crippen molar-refractivity contribution in [1.82, 2.24) is 14.5 Å². The summed E-state index contributed by atoms with van der Waals surface area (Å²) in [6.45, 7) is 0. The Morgan fingerprint density at radius 2 is 2.06 bits per heavy atom. The summed E-state index contributed by atoms with van der Waals surface area (Å²) in [5.41, 5.74) is 1.06. The van der Waals surface area contributed by atoms with Crippen LogP contribution in [0.2, 0.25) is 5.02 Å². The molecule has 2 aromatic heterocycles. The topological polar surface area (TPSA) is 47.8 Å². The number of nitrogens with zero attached hydrogens (tertiary/aromatic N) is 3. The van der Waals surface area contributed by atoms with E-state index in [-0.39, 0.29) is 5.56 Å². The third-order valence-electron chi connectivity index (χ3n) is 2.66. The lowest BCUT2D eigenvalue weighted by Crippen LogP contribution is -2.19. The predicted molar refractivity (Wildman–Crippen MR) is 70.1 cm³/mol. The van der Waals surface area contributed by atoms with E-state index in [1.165, 1.54) is 10.9 Å². The Labute approximate surface area is 108 Å². The summed E-state index contributed by atoms with van der Waals surface area (Å²) >= 11 is 6.05. The van der Waals surface area contributed by atoms with Crippen LogP contribution in [0.4, 0.5) is 0 Å². The molecule has 3 aromatic rings. The molecule has 3 rings (SSSR count). The normalized spacial score (nSPS) is 10.7. The first-order valence-corrected chi connectivity index (χ1v) is 5.71. The van der Waals surface area contributed by atoms with Crippen molar-refractivity contribution in [2.75, 3.05) is 0 Å². The lowest BCUT2D eigenvalue weighted by molar-refractivity contribution is 0.953. The van der Waals surface area contributed by atoms with Crippen molar-refractivity contribution in [2.45, 2.75) is 0 Å². The monoisotopic (exact) mass is 257 g/mol. The van der Waals surface area contributed by atoms with Crippen LogP contribution < -0.4 is 5.56 Å². The molecule has 0 aliphatic carbocycles. The Morgan fingerprint density at radius 1 is 1.17 bits per heavy atom. The minimum Gasteiger partial charge on any atom is -0.268 e. The van der Waals surface area contributed by atoms with Gasteiger partial charge in [0.15, 0.2) is 0 Å². The molecule has 0 fully saturated rings. The van der Waals surface area contributed by atoms with Crippen LogP contribution in [0.15, 0.2) is 53.8 Å². The molecule has 0 aliphatic rings. The number of hydrogen-bond acceptors (Lipinski definition) is 3. The van der Waals surface area contributed by atoms with E-state index < -0.39 is 0 Å². The fourth-order valence-corrected chi connectivity index (χ4v) is 2.06. The van der Waals surface area contributed by atoms with E-state index in [1.807, 2.05) is 0 Å². The second-order valence-corrected chi connectivity index (χ2v) is 4.17. The Kier molecular flexibility index (Phi) is 2.57. The zero-order valence-electron chi connectivity index (χ0n) is 9.25. The second kappa shape index (κ2) is 4.23. The first-order valence-electron chi connectivity index (χ1n) is 5.33. The average molecular weight is 258 g/mol. The van der Waals surface area contributed by atoms with E-state index in [2.05, 4.69) is 9.97 Å². The van der Waals surface area contributed by atoms with E-state index in [0.717, 1.165) is 0 Å². The van der Waals surface area contributed by atoms with Crippen LogP contribution in [0.25, 0.3) is 16.6 Å². The Bertz CT molecular complexity index is 768. The van der Waals surface area contributed by atoms with Crippen molar-refractivity contribution >= 4 is 22.5 Å². The minimum atomic E-state index is -0.196. The van der Waals surface area contributed by atoms with Crippen LogP contribution in [0.3, 0.4) is 0 Å². The molecular formula is C13H8ClN3O. The zero-order chi connectivity index (χ0) is 12.5. The summed E-state index contributed by atoms with van der Waals surface area (Å²) in [5, 5.41) is 0.828. The molecule has 5 heteroatoms. The molecule has 0 atom stereocenters. The highest BCUT2D eigenvalue weighted by atomic mass is 35.5. The van der Waals surface area contributed by atoms with Crippen LogP contribution in [0, 0.1) is 0 Å². The van der Waals surface area contributed by atoms with Gasteiger partial charge in [0.05, 0.1) is 27.8 Å².